The highest BCUT2D eigenvalue weighted by atomic mass is 16.7. The van der Waals surface area contributed by atoms with Crippen LogP contribution in [0.15, 0.2) is 12.2 Å². The van der Waals surface area contributed by atoms with Crippen molar-refractivity contribution in [3.8, 4) is 0 Å². The van der Waals surface area contributed by atoms with Crippen LogP contribution < -0.4 is 0 Å². The summed E-state index contributed by atoms with van der Waals surface area (Å²) in [6.45, 7) is 5.32. The van der Waals surface area contributed by atoms with E-state index in [0.29, 0.717) is 31.3 Å². The first-order valence-corrected chi connectivity index (χ1v) is 10.5. The second-order valence-electron chi connectivity index (χ2n) is 9.27. The molecule has 2 aliphatic heterocycles. The summed E-state index contributed by atoms with van der Waals surface area (Å²) in [7, 11) is 0. The number of ether oxygens (including phenoxy) is 3. The highest BCUT2D eigenvalue weighted by Gasteiger charge is 2.61. The number of fused-ring (bicyclic) bond motifs is 3. The summed E-state index contributed by atoms with van der Waals surface area (Å²) in [4.78, 5) is 24.0. The lowest BCUT2D eigenvalue weighted by molar-refractivity contribution is -0.328. The van der Waals surface area contributed by atoms with Gasteiger partial charge in [-0.15, -0.1) is 0 Å². The number of carbonyl (C=O) groups is 2. The van der Waals surface area contributed by atoms with Crippen molar-refractivity contribution in [1.82, 2.24) is 0 Å². The molecule has 0 aromatic heterocycles. The van der Waals surface area contributed by atoms with E-state index in [1.807, 2.05) is 6.92 Å². The zero-order chi connectivity index (χ0) is 21.8. The Morgan fingerprint density at radius 1 is 1.20 bits per heavy atom. The molecule has 0 bridgehead atoms. The van der Waals surface area contributed by atoms with Gasteiger partial charge in [0.05, 0.1) is 12.7 Å². The van der Waals surface area contributed by atoms with E-state index in [-0.39, 0.29) is 17.8 Å². The predicted molar refractivity (Wildman–Crippen MR) is 101 cm³/mol. The monoisotopic (exact) mass is 426 g/mol. The quantitative estimate of drug-likeness (QED) is 0.260. The zero-order valence-corrected chi connectivity index (χ0v) is 16.9. The van der Waals surface area contributed by atoms with Crippen molar-refractivity contribution in [1.29, 1.82) is 0 Å². The molecule has 9 nitrogen and oxygen atoms in total. The van der Waals surface area contributed by atoms with Crippen molar-refractivity contribution < 1.29 is 44.2 Å². The fourth-order valence-corrected chi connectivity index (χ4v) is 5.98. The molecule has 4 fully saturated rings. The molecule has 30 heavy (non-hydrogen) atoms. The topological polar surface area (TPSA) is 143 Å². The normalized spacial score (nSPS) is 51.1. The molecular weight excluding hydrogens is 396 g/mol. The Kier molecular flexibility index (Phi) is 5.80. The van der Waals surface area contributed by atoms with Gasteiger partial charge in [-0.1, -0.05) is 13.5 Å². The molecule has 0 amide bonds. The van der Waals surface area contributed by atoms with E-state index < -0.39 is 60.9 Å². The third-order valence-electron chi connectivity index (χ3n) is 7.74. The molecule has 168 valence electrons. The summed E-state index contributed by atoms with van der Waals surface area (Å²) >= 11 is 0. The maximum atomic E-state index is 12.1. The van der Waals surface area contributed by atoms with Gasteiger partial charge in [0, 0.05) is 28.7 Å². The summed E-state index contributed by atoms with van der Waals surface area (Å²) in [6.07, 6.45) is -4.34. The molecule has 2 heterocycles. The molecule has 4 aliphatic rings. The van der Waals surface area contributed by atoms with E-state index in [1.165, 1.54) is 0 Å². The average Bonchev–Trinajstić information content (AvgIpc) is 3.02. The second-order valence-corrected chi connectivity index (χ2v) is 9.27. The van der Waals surface area contributed by atoms with Crippen LogP contribution in [0.1, 0.15) is 32.6 Å². The summed E-state index contributed by atoms with van der Waals surface area (Å²) in [5, 5.41) is 39.9. The molecule has 2 saturated heterocycles. The largest absolute Gasteiger partial charge is 0.458 e. The Labute approximate surface area is 174 Å². The Morgan fingerprint density at radius 3 is 2.60 bits per heavy atom. The molecule has 2 aliphatic carbocycles. The van der Waals surface area contributed by atoms with Gasteiger partial charge >= 0.3 is 5.97 Å². The van der Waals surface area contributed by atoms with Crippen molar-refractivity contribution in [2.45, 2.75) is 75.5 Å². The number of esters is 1. The van der Waals surface area contributed by atoms with Gasteiger partial charge in [-0.2, -0.15) is 0 Å². The molecule has 0 unspecified atom stereocenters. The van der Waals surface area contributed by atoms with E-state index in [1.54, 1.807) is 0 Å². The standard InChI is InChI=1S/C21H30O9/c1-9-11-5-6-21(2)13(4-3-10(7-22)14(21)18(11)30-19(9)27)29-20-17(26)16(25)15(24)12(8-23)28-20/h7,10-18,20,23-26H,1,3-6,8H2,2H3/t10-,11+,12+,13-,14-,15+,16-,17+,18+,20-,21+/m0/s1. The smallest absolute Gasteiger partial charge is 0.334 e. The molecule has 9 heteroatoms. The number of aldehydes is 1. The van der Waals surface area contributed by atoms with Gasteiger partial charge in [0.25, 0.3) is 0 Å². The van der Waals surface area contributed by atoms with Crippen LogP contribution in [0, 0.1) is 23.2 Å². The molecule has 4 N–H and O–H groups in total. The van der Waals surface area contributed by atoms with Gasteiger partial charge in [-0.25, -0.2) is 4.79 Å². The SMILES string of the molecule is C=C1C(=O)O[C@H]2[C@@H]3[C@H](C=O)CC[C@H](O[C@@H]4O[C@H](CO)[C@@H](O)[C@H](O)[C@H]4O)[C@@]3(C)CC[C@H]12. The van der Waals surface area contributed by atoms with Gasteiger partial charge < -0.3 is 39.4 Å². The van der Waals surface area contributed by atoms with Crippen LogP contribution in [0.4, 0.5) is 0 Å². The third-order valence-corrected chi connectivity index (χ3v) is 7.74. The van der Waals surface area contributed by atoms with Crippen LogP contribution in [0.3, 0.4) is 0 Å². The average molecular weight is 426 g/mol. The minimum Gasteiger partial charge on any atom is -0.458 e. The molecule has 4 rings (SSSR count). The summed E-state index contributed by atoms with van der Waals surface area (Å²) in [6, 6.07) is 0. The number of rotatable bonds is 4. The third kappa shape index (κ3) is 3.23. The van der Waals surface area contributed by atoms with Crippen molar-refractivity contribution in [2.75, 3.05) is 6.61 Å². The number of carbonyl (C=O) groups excluding carboxylic acids is 2. The second kappa shape index (κ2) is 7.96. The van der Waals surface area contributed by atoms with Crippen LogP contribution in [0.2, 0.25) is 0 Å². The van der Waals surface area contributed by atoms with Crippen molar-refractivity contribution in [3.05, 3.63) is 12.2 Å². The van der Waals surface area contributed by atoms with Gasteiger partial charge in [0.1, 0.15) is 36.8 Å². The van der Waals surface area contributed by atoms with E-state index in [2.05, 4.69) is 6.58 Å². The van der Waals surface area contributed by atoms with Gasteiger partial charge in [-0.05, 0) is 25.7 Å². The van der Waals surface area contributed by atoms with Gasteiger partial charge in [-0.3, -0.25) is 0 Å². The van der Waals surface area contributed by atoms with Crippen molar-refractivity contribution >= 4 is 12.3 Å². The minimum absolute atomic E-state index is 0.121. The van der Waals surface area contributed by atoms with E-state index in [0.717, 1.165) is 6.29 Å². The fraction of sp³-hybridized carbons (Fsp3) is 0.810. The maximum absolute atomic E-state index is 12.1. The van der Waals surface area contributed by atoms with Crippen LogP contribution in [0.5, 0.6) is 0 Å². The Morgan fingerprint density at radius 2 is 1.93 bits per heavy atom. The van der Waals surface area contributed by atoms with Gasteiger partial charge in [0.15, 0.2) is 6.29 Å². The first-order chi connectivity index (χ1) is 14.2. The lowest BCUT2D eigenvalue weighted by Crippen LogP contribution is -2.62. The minimum atomic E-state index is -1.52. The Hall–Kier alpha value is -1.36. The maximum Gasteiger partial charge on any atom is 0.334 e. The van der Waals surface area contributed by atoms with E-state index in [9.17, 15) is 30.0 Å². The highest BCUT2D eigenvalue weighted by Crippen LogP contribution is 2.58. The van der Waals surface area contributed by atoms with E-state index in [4.69, 9.17) is 14.2 Å². The summed E-state index contributed by atoms with van der Waals surface area (Å²) < 4.78 is 17.3. The lowest BCUT2D eigenvalue weighted by atomic mass is 9.52. The molecule has 2 saturated carbocycles. The summed E-state index contributed by atoms with van der Waals surface area (Å²) in [5.41, 5.74) is -0.0852. The molecule has 0 aromatic carbocycles. The number of aliphatic hydroxyl groups is 4. The molecular formula is C21H30O9. The summed E-state index contributed by atoms with van der Waals surface area (Å²) in [5.74, 6) is -1.10. The first kappa shape index (κ1) is 21.9. The van der Waals surface area contributed by atoms with Crippen LogP contribution in [-0.2, 0) is 23.8 Å². The first-order valence-electron chi connectivity index (χ1n) is 10.5. The molecule has 0 radical (unpaired) electrons. The Balaban J connectivity index is 1.59. The number of hydrogen-bond donors (Lipinski definition) is 4. The highest BCUT2D eigenvalue weighted by molar-refractivity contribution is 5.91. The van der Waals surface area contributed by atoms with Crippen molar-refractivity contribution in [2.24, 2.45) is 23.2 Å². The number of hydrogen-bond acceptors (Lipinski definition) is 9. The van der Waals surface area contributed by atoms with Gasteiger partial charge in [0.2, 0.25) is 0 Å². The van der Waals surface area contributed by atoms with Crippen LogP contribution in [-0.4, -0.2) is 82.2 Å². The fourth-order valence-electron chi connectivity index (χ4n) is 5.98. The molecule has 0 aromatic rings. The Bertz CT molecular complexity index is 709. The van der Waals surface area contributed by atoms with E-state index >= 15 is 0 Å². The zero-order valence-electron chi connectivity index (χ0n) is 16.9. The predicted octanol–water partition coefficient (Wildman–Crippen LogP) is -0.705. The van der Waals surface area contributed by atoms with Crippen molar-refractivity contribution in [3.63, 3.8) is 0 Å². The lowest BCUT2D eigenvalue weighted by Gasteiger charge is -2.56. The van der Waals surface area contributed by atoms with Crippen LogP contribution >= 0.6 is 0 Å². The number of aliphatic hydroxyl groups excluding tert-OH is 4. The molecule has 11 atom stereocenters. The molecule has 0 spiro atoms. The van der Waals surface area contributed by atoms with Crippen LogP contribution in [0.25, 0.3) is 0 Å².